The molecular formula is C28H41NO6. The van der Waals surface area contributed by atoms with E-state index in [9.17, 15) is 14.4 Å². The maximum absolute atomic E-state index is 12.9. The van der Waals surface area contributed by atoms with Crippen LogP contribution in [0, 0.1) is 12.8 Å². The van der Waals surface area contributed by atoms with Gasteiger partial charge in [0.2, 0.25) is 5.78 Å². The van der Waals surface area contributed by atoms with E-state index in [1.54, 1.807) is 14.2 Å². The van der Waals surface area contributed by atoms with E-state index in [0.29, 0.717) is 19.6 Å². The van der Waals surface area contributed by atoms with Crippen molar-refractivity contribution in [3.63, 3.8) is 0 Å². The zero-order valence-electron chi connectivity index (χ0n) is 21.6. The molecule has 0 N–H and O–H groups in total. The van der Waals surface area contributed by atoms with Gasteiger partial charge in [0.15, 0.2) is 11.5 Å². The molecule has 2 aliphatic rings. The van der Waals surface area contributed by atoms with Gasteiger partial charge in [-0.2, -0.15) is 0 Å². The number of hydrogen-bond acceptors (Lipinski definition) is 6. The average molecular weight is 488 g/mol. The molecule has 194 valence electrons. The Labute approximate surface area is 209 Å². The van der Waals surface area contributed by atoms with Crippen molar-refractivity contribution in [2.45, 2.75) is 90.0 Å². The third-order valence-electron chi connectivity index (χ3n) is 7.30. The number of benzene rings is 1. The second-order valence-electron chi connectivity index (χ2n) is 9.84. The first-order valence-electron chi connectivity index (χ1n) is 13.2. The molecule has 0 spiro atoms. The molecule has 35 heavy (non-hydrogen) atoms. The summed E-state index contributed by atoms with van der Waals surface area (Å²) in [4.78, 5) is 39.9. The number of methoxy groups -OCH3 is 2. The fourth-order valence-electron chi connectivity index (χ4n) is 5.35. The highest BCUT2D eigenvalue weighted by Crippen LogP contribution is 2.32. The van der Waals surface area contributed by atoms with E-state index in [-0.39, 0.29) is 17.7 Å². The van der Waals surface area contributed by atoms with Gasteiger partial charge in [-0.1, -0.05) is 25.3 Å². The van der Waals surface area contributed by atoms with Gasteiger partial charge >= 0.3 is 5.97 Å². The summed E-state index contributed by atoms with van der Waals surface area (Å²) in [5.74, 6) is 0.164. The predicted molar refractivity (Wildman–Crippen MR) is 134 cm³/mol. The number of aryl methyl sites for hydroxylation is 2. The van der Waals surface area contributed by atoms with Crippen LogP contribution in [0.3, 0.4) is 0 Å². The predicted octanol–water partition coefficient (Wildman–Crippen LogP) is 4.80. The molecule has 1 aromatic rings. The van der Waals surface area contributed by atoms with Crippen LogP contribution in [0.25, 0.3) is 0 Å². The summed E-state index contributed by atoms with van der Waals surface area (Å²) in [6, 6.07) is 3.50. The molecule has 1 saturated heterocycles. The van der Waals surface area contributed by atoms with Crippen molar-refractivity contribution in [1.82, 2.24) is 4.90 Å². The van der Waals surface area contributed by atoms with E-state index in [2.05, 4.69) is 6.07 Å². The number of ether oxygens (including phenoxy) is 3. The summed E-state index contributed by atoms with van der Waals surface area (Å²) in [5, 5.41) is 0. The Hall–Kier alpha value is -2.57. The van der Waals surface area contributed by atoms with E-state index in [4.69, 9.17) is 14.2 Å². The zero-order valence-corrected chi connectivity index (χ0v) is 21.6. The van der Waals surface area contributed by atoms with Crippen molar-refractivity contribution < 1.29 is 28.6 Å². The summed E-state index contributed by atoms with van der Waals surface area (Å²) < 4.78 is 16.4. The van der Waals surface area contributed by atoms with Crippen molar-refractivity contribution in [2.24, 2.45) is 5.92 Å². The Bertz CT molecular complexity index is 876. The number of hydrogen-bond donors (Lipinski definition) is 0. The molecule has 0 aromatic heterocycles. The molecule has 0 radical (unpaired) electrons. The normalized spacial score (nSPS) is 18.7. The average Bonchev–Trinajstić information content (AvgIpc) is 2.89. The number of Topliss-reactive ketones (excluding diaryl/α,β-unsaturated/α-hetero) is 1. The van der Waals surface area contributed by atoms with Crippen LogP contribution in [0.5, 0.6) is 11.5 Å². The van der Waals surface area contributed by atoms with Crippen molar-refractivity contribution in [2.75, 3.05) is 27.4 Å². The van der Waals surface area contributed by atoms with Crippen molar-refractivity contribution in [3.05, 3.63) is 23.3 Å². The lowest BCUT2D eigenvalue weighted by Crippen LogP contribution is -2.52. The summed E-state index contributed by atoms with van der Waals surface area (Å²) in [6.45, 7) is 2.80. The quantitative estimate of drug-likeness (QED) is 0.253. The van der Waals surface area contributed by atoms with E-state index < -0.39 is 11.9 Å². The van der Waals surface area contributed by atoms with Gasteiger partial charge in [-0.15, -0.1) is 0 Å². The SMILES string of the molecule is COc1cc(CCCCCOC(=O)C2CCCCN2C(=O)C(=O)C2CCCCC2)cc(C)c1OC. The van der Waals surface area contributed by atoms with Crippen LogP contribution in [0.1, 0.15) is 81.8 Å². The monoisotopic (exact) mass is 487 g/mol. The minimum absolute atomic E-state index is 0.177. The van der Waals surface area contributed by atoms with Gasteiger partial charge in [-0.25, -0.2) is 4.79 Å². The highest BCUT2D eigenvalue weighted by Gasteiger charge is 2.38. The topological polar surface area (TPSA) is 82.1 Å². The number of ketones is 1. The van der Waals surface area contributed by atoms with Gasteiger partial charge in [0.05, 0.1) is 20.8 Å². The van der Waals surface area contributed by atoms with Crippen LogP contribution in [-0.4, -0.2) is 56.0 Å². The zero-order chi connectivity index (χ0) is 25.2. The maximum atomic E-state index is 12.9. The van der Waals surface area contributed by atoms with E-state index in [1.807, 2.05) is 13.0 Å². The van der Waals surface area contributed by atoms with Crippen LogP contribution in [-0.2, 0) is 25.5 Å². The third kappa shape index (κ3) is 7.21. The van der Waals surface area contributed by atoms with Crippen molar-refractivity contribution in [3.8, 4) is 11.5 Å². The fourth-order valence-corrected chi connectivity index (χ4v) is 5.35. The number of amides is 1. The highest BCUT2D eigenvalue weighted by atomic mass is 16.5. The summed E-state index contributed by atoms with van der Waals surface area (Å²) in [7, 11) is 3.28. The van der Waals surface area contributed by atoms with Crippen LogP contribution in [0.4, 0.5) is 0 Å². The van der Waals surface area contributed by atoms with E-state index >= 15 is 0 Å². The number of esters is 1. The van der Waals surface area contributed by atoms with Gasteiger partial charge in [0.1, 0.15) is 6.04 Å². The van der Waals surface area contributed by atoms with Crippen LogP contribution in [0.2, 0.25) is 0 Å². The van der Waals surface area contributed by atoms with E-state index in [1.165, 1.54) is 10.5 Å². The Morgan fingerprint density at radius 3 is 2.37 bits per heavy atom. The molecule has 7 nitrogen and oxygen atoms in total. The number of unbranched alkanes of at least 4 members (excludes halogenated alkanes) is 2. The van der Waals surface area contributed by atoms with Crippen molar-refractivity contribution in [1.29, 1.82) is 0 Å². The van der Waals surface area contributed by atoms with Gasteiger partial charge < -0.3 is 19.1 Å². The highest BCUT2D eigenvalue weighted by molar-refractivity contribution is 6.37. The Balaban J connectivity index is 1.42. The smallest absolute Gasteiger partial charge is 0.328 e. The van der Waals surface area contributed by atoms with E-state index in [0.717, 1.165) is 87.7 Å². The minimum atomic E-state index is -0.626. The number of carbonyl (C=O) groups excluding carboxylic acids is 3. The lowest BCUT2D eigenvalue weighted by Gasteiger charge is -2.34. The standard InChI is InChI=1S/C28H41NO6/c1-20-18-21(19-24(33-2)26(20)34-3)12-6-5-11-17-35-28(32)23-15-9-10-16-29(23)27(31)25(30)22-13-7-4-8-14-22/h18-19,22-23H,4-17H2,1-3H3. The molecule has 7 heteroatoms. The molecule has 1 aliphatic heterocycles. The largest absolute Gasteiger partial charge is 0.493 e. The molecule has 1 heterocycles. The molecule has 0 bridgehead atoms. The molecular weight excluding hydrogens is 446 g/mol. The lowest BCUT2D eigenvalue weighted by atomic mass is 9.85. The maximum Gasteiger partial charge on any atom is 0.328 e. The van der Waals surface area contributed by atoms with Crippen molar-refractivity contribution >= 4 is 17.7 Å². The molecule has 1 saturated carbocycles. The first-order chi connectivity index (χ1) is 17.0. The van der Waals surface area contributed by atoms with Crippen LogP contribution in [0.15, 0.2) is 12.1 Å². The molecule has 3 rings (SSSR count). The Morgan fingerprint density at radius 2 is 1.66 bits per heavy atom. The molecule has 1 unspecified atom stereocenters. The third-order valence-corrected chi connectivity index (χ3v) is 7.30. The number of piperidine rings is 1. The minimum Gasteiger partial charge on any atom is -0.493 e. The Kier molecular flexibility index (Phi) is 10.4. The first-order valence-corrected chi connectivity index (χ1v) is 13.2. The summed E-state index contributed by atoms with van der Waals surface area (Å²) in [5.41, 5.74) is 2.24. The number of carbonyl (C=O) groups is 3. The number of likely N-dealkylation sites (tertiary alicyclic amines) is 1. The first kappa shape index (κ1) is 27.0. The second-order valence-corrected chi connectivity index (χ2v) is 9.84. The fraction of sp³-hybridized carbons (Fsp3) is 0.679. The molecule has 2 fully saturated rings. The van der Waals surface area contributed by atoms with Gasteiger partial charge in [-0.05, 0) is 81.9 Å². The molecule has 1 aliphatic carbocycles. The van der Waals surface area contributed by atoms with Gasteiger partial charge in [-0.3, -0.25) is 9.59 Å². The van der Waals surface area contributed by atoms with Crippen LogP contribution < -0.4 is 9.47 Å². The Morgan fingerprint density at radius 1 is 0.914 bits per heavy atom. The number of rotatable bonds is 11. The molecule has 1 amide bonds. The lowest BCUT2D eigenvalue weighted by molar-refractivity contribution is -0.160. The van der Waals surface area contributed by atoms with Gasteiger partial charge in [0.25, 0.3) is 5.91 Å². The number of nitrogens with zero attached hydrogens (tertiary/aromatic N) is 1. The summed E-state index contributed by atoms with van der Waals surface area (Å²) >= 11 is 0. The van der Waals surface area contributed by atoms with Crippen LogP contribution >= 0.6 is 0 Å². The molecule has 1 atom stereocenters. The molecule has 1 aromatic carbocycles. The second kappa shape index (κ2) is 13.5. The van der Waals surface area contributed by atoms with Gasteiger partial charge in [0, 0.05) is 12.5 Å². The summed E-state index contributed by atoms with van der Waals surface area (Å²) in [6.07, 6.45) is 10.5.